The molecule has 0 aliphatic heterocycles. The van der Waals surface area contributed by atoms with Gasteiger partial charge in [0.1, 0.15) is 10.6 Å². The summed E-state index contributed by atoms with van der Waals surface area (Å²) < 4.78 is 37.5. The number of aromatic carboxylic acids is 1. The van der Waals surface area contributed by atoms with E-state index < -0.39 is 16.0 Å². The number of sulfonamides is 1. The van der Waals surface area contributed by atoms with Crippen LogP contribution >= 0.6 is 11.6 Å². The number of halogens is 1. The zero-order valence-electron chi connectivity index (χ0n) is 26.8. The lowest BCUT2D eigenvalue weighted by atomic mass is 9.97. The maximum absolute atomic E-state index is 13.5. The highest BCUT2D eigenvalue weighted by molar-refractivity contribution is 7.89. The SMILES string of the molecule is COc1ccccc1S(=O)(=O)NCCc1c(CCNc2ccc(C(=O)O)cc2)c2cc(Cl)ccc2n1C(c1ccccc1)c1ccccc1. The second kappa shape index (κ2) is 15.0. The van der Waals surface area contributed by atoms with E-state index in [4.69, 9.17) is 16.3 Å². The van der Waals surface area contributed by atoms with Crippen molar-refractivity contribution in [3.8, 4) is 5.75 Å². The van der Waals surface area contributed by atoms with Gasteiger partial charge in [0.25, 0.3) is 0 Å². The van der Waals surface area contributed by atoms with E-state index in [1.54, 1.807) is 42.5 Å². The van der Waals surface area contributed by atoms with Crippen molar-refractivity contribution < 1.29 is 23.1 Å². The molecule has 0 saturated heterocycles. The number of hydrogen-bond donors (Lipinski definition) is 3. The normalized spacial score (nSPS) is 11.6. The van der Waals surface area contributed by atoms with E-state index in [1.807, 2.05) is 54.6 Å². The number of carboxylic acids is 1. The first-order chi connectivity index (χ1) is 23.8. The zero-order valence-corrected chi connectivity index (χ0v) is 28.4. The minimum atomic E-state index is -3.88. The molecule has 6 rings (SSSR count). The predicted octanol–water partition coefficient (Wildman–Crippen LogP) is 7.81. The quantitative estimate of drug-likeness (QED) is 0.107. The fourth-order valence-corrected chi connectivity index (χ4v) is 7.67. The Morgan fingerprint density at radius 1 is 0.816 bits per heavy atom. The van der Waals surface area contributed by atoms with Gasteiger partial charge < -0.3 is 19.7 Å². The smallest absolute Gasteiger partial charge is 0.335 e. The summed E-state index contributed by atoms with van der Waals surface area (Å²) in [6.45, 7) is 0.678. The largest absolute Gasteiger partial charge is 0.495 e. The molecule has 0 unspecified atom stereocenters. The van der Waals surface area contributed by atoms with E-state index in [1.165, 1.54) is 13.2 Å². The van der Waals surface area contributed by atoms with Gasteiger partial charge in [-0.15, -0.1) is 0 Å². The van der Waals surface area contributed by atoms with Gasteiger partial charge >= 0.3 is 5.97 Å². The van der Waals surface area contributed by atoms with Crippen molar-refractivity contribution in [3.63, 3.8) is 0 Å². The van der Waals surface area contributed by atoms with Crippen molar-refractivity contribution in [2.24, 2.45) is 0 Å². The molecule has 0 amide bonds. The minimum Gasteiger partial charge on any atom is -0.495 e. The van der Waals surface area contributed by atoms with Crippen LogP contribution in [0.1, 0.15) is 38.8 Å². The van der Waals surface area contributed by atoms with Gasteiger partial charge in [-0.25, -0.2) is 17.9 Å². The van der Waals surface area contributed by atoms with E-state index in [0.717, 1.165) is 39.0 Å². The molecule has 1 heterocycles. The number of fused-ring (bicyclic) bond motifs is 1. The van der Waals surface area contributed by atoms with Gasteiger partial charge in [0.2, 0.25) is 10.0 Å². The molecule has 1 aromatic heterocycles. The van der Waals surface area contributed by atoms with Crippen LogP contribution in [0.2, 0.25) is 5.02 Å². The highest BCUT2D eigenvalue weighted by atomic mass is 35.5. The van der Waals surface area contributed by atoms with E-state index >= 15 is 0 Å². The second-order valence-corrected chi connectivity index (χ2v) is 13.7. The lowest BCUT2D eigenvalue weighted by Gasteiger charge is -2.25. The molecule has 0 radical (unpaired) electrons. The van der Waals surface area contributed by atoms with Crippen molar-refractivity contribution >= 4 is 44.2 Å². The van der Waals surface area contributed by atoms with Crippen LogP contribution in [-0.4, -0.2) is 44.3 Å². The van der Waals surface area contributed by atoms with Crippen LogP contribution in [0.15, 0.2) is 132 Å². The highest BCUT2D eigenvalue weighted by Crippen LogP contribution is 2.38. The van der Waals surface area contributed by atoms with Crippen LogP contribution in [0.5, 0.6) is 5.75 Å². The molecule has 0 spiro atoms. The third-order valence-electron chi connectivity index (χ3n) is 8.52. The summed E-state index contributed by atoms with van der Waals surface area (Å²) in [5, 5.41) is 14.3. The van der Waals surface area contributed by atoms with E-state index in [0.29, 0.717) is 24.4 Å². The van der Waals surface area contributed by atoms with Gasteiger partial charge in [0.05, 0.1) is 18.7 Å². The van der Waals surface area contributed by atoms with Gasteiger partial charge in [0, 0.05) is 46.8 Å². The molecule has 6 aromatic rings. The third kappa shape index (κ3) is 7.49. The van der Waals surface area contributed by atoms with E-state index in [-0.39, 0.29) is 28.8 Å². The maximum atomic E-state index is 13.5. The number of carbonyl (C=O) groups is 1. The van der Waals surface area contributed by atoms with Crippen LogP contribution in [0.4, 0.5) is 5.69 Å². The van der Waals surface area contributed by atoms with E-state index in [2.05, 4.69) is 38.9 Å². The Morgan fingerprint density at radius 3 is 2.08 bits per heavy atom. The molecule has 10 heteroatoms. The molecule has 0 aliphatic carbocycles. The number of hydrogen-bond acceptors (Lipinski definition) is 5. The first-order valence-corrected chi connectivity index (χ1v) is 17.7. The lowest BCUT2D eigenvalue weighted by molar-refractivity contribution is 0.0697. The summed E-state index contributed by atoms with van der Waals surface area (Å²) in [6, 6.07) is 39.4. The van der Waals surface area contributed by atoms with Crippen molar-refractivity contribution in [1.29, 1.82) is 0 Å². The standard InChI is InChI=1S/C39H36ClN3O5S/c1-48-36-14-8-9-15-37(36)49(46,47)42-25-23-35-32(22-24-41-31-19-16-29(17-20-31)39(44)45)33-26-30(40)18-21-34(33)43(35)38(27-10-4-2-5-11-27)28-12-6-3-7-13-28/h2-21,26,38,41-42H,22-25H2,1H3,(H,44,45). The number of anilines is 1. The van der Waals surface area contributed by atoms with Crippen molar-refractivity contribution in [3.05, 3.63) is 160 Å². The number of nitrogens with zero attached hydrogens (tertiary/aromatic N) is 1. The second-order valence-electron chi connectivity index (χ2n) is 11.5. The summed E-state index contributed by atoms with van der Waals surface area (Å²) in [5.41, 5.74) is 6.17. The summed E-state index contributed by atoms with van der Waals surface area (Å²) in [5.74, 6) is -0.705. The van der Waals surface area contributed by atoms with Gasteiger partial charge in [0.15, 0.2) is 0 Å². The number of para-hydroxylation sites is 1. The number of aromatic nitrogens is 1. The number of methoxy groups -OCH3 is 1. The molecule has 3 N–H and O–H groups in total. The van der Waals surface area contributed by atoms with Crippen molar-refractivity contribution in [2.45, 2.75) is 23.8 Å². The molecule has 5 aromatic carbocycles. The van der Waals surface area contributed by atoms with Gasteiger partial charge in [-0.2, -0.15) is 0 Å². The Labute approximate surface area is 291 Å². The van der Waals surface area contributed by atoms with Crippen LogP contribution in [0.3, 0.4) is 0 Å². The molecule has 0 atom stereocenters. The number of ether oxygens (including phenoxy) is 1. The minimum absolute atomic E-state index is 0.0783. The average Bonchev–Trinajstić information content (AvgIpc) is 3.40. The molecule has 0 saturated carbocycles. The molecular weight excluding hydrogens is 658 g/mol. The van der Waals surface area contributed by atoms with E-state index in [9.17, 15) is 18.3 Å². The third-order valence-corrected chi connectivity index (χ3v) is 10.3. The molecule has 250 valence electrons. The van der Waals surface area contributed by atoms with Crippen LogP contribution < -0.4 is 14.8 Å². The summed E-state index contributed by atoms with van der Waals surface area (Å²) in [4.78, 5) is 11.4. The number of carboxylic acid groups (broad SMARTS) is 1. The maximum Gasteiger partial charge on any atom is 0.335 e. The Balaban J connectivity index is 1.43. The van der Waals surface area contributed by atoms with Crippen molar-refractivity contribution in [1.82, 2.24) is 9.29 Å². The average molecular weight is 694 g/mol. The monoisotopic (exact) mass is 693 g/mol. The van der Waals surface area contributed by atoms with Crippen LogP contribution in [0.25, 0.3) is 10.9 Å². The summed E-state index contributed by atoms with van der Waals surface area (Å²) in [7, 11) is -2.43. The molecule has 49 heavy (non-hydrogen) atoms. The van der Waals surface area contributed by atoms with Gasteiger partial charge in [-0.05, 0) is 77.7 Å². The Hall–Kier alpha value is -5.09. The molecule has 0 fully saturated rings. The lowest BCUT2D eigenvalue weighted by Crippen LogP contribution is -2.28. The number of nitrogens with one attached hydrogen (secondary N) is 2. The van der Waals surface area contributed by atoms with Crippen molar-refractivity contribution in [2.75, 3.05) is 25.5 Å². The first-order valence-electron chi connectivity index (χ1n) is 15.9. The Morgan fingerprint density at radius 2 is 1.45 bits per heavy atom. The topological polar surface area (TPSA) is 110 Å². The Kier molecular flexibility index (Phi) is 10.3. The van der Waals surface area contributed by atoms with Gasteiger partial charge in [-0.3, -0.25) is 0 Å². The van der Waals surface area contributed by atoms with Crippen LogP contribution in [0, 0.1) is 0 Å². The first kappa shape index (κ1) is 33.8. The number of benzene rings is 5. The summed E-state index contributed by atoms with van der Waals surface area (Å²) >= 11 is 6.62. The molecule has 8 nitrogen and oxygen atoms in total. The molecule has 0 aliphatic rings. The fraction of sp³-hybridized carbons (Fsp3) is 0.154. The molecule has 0 bridgehead atoms. The zero-order chi connectivity index (χ0) is 34.4. The van der Waals surface area contributed by atoms with Gasteiger partial charge in [-0.1, -0.05) is 84.4 Å². The Bertz CT molecular complexity index is 2130. The van der Waals surface area contributed by atoms with Crippen LogP contribution in [-0.2, 0) is 22.9 Å². The molecular formula is C39H36ClN3O5S. The fourth-order valence-electron chi connectivity index (χ4n) is 6.30. The number of rotatable bonds is 14. The summed E-state index contributed by atoms with van der Waals surface area (Å²) in [6.07, 6.45) is 0.981. The predicted molar refractivity (Wildman–Crippen MR) is 195 cm³/mol. The highest BCUT2D eigenvalue weighted by Gasteiger charge is 2.26.